The standard InChI is InChI=1S/CH3O.Na.H2O/c1-2;;/h2H,1H2;;1H2/q-1;+1;. The van der Waals surface area contributed by atoms with E-state index in [2.05, 4.69) is 7.11 Å². The summed E-state index contributed by atoms with van der Waals surface area (Å²) in [6.07, 6.45) is 0. The van der Waals surface area contributed by atoms with Crippen molar-refractivity contribution in [3.63, 3.8) is 0 Å². The van der Waals surface area contributed by atoms with Crippen LogP contribution in [-0.2, 0) is 0 Å². The maximum atomic E-state index is 6.75. The van der Waals surface area contributed by atoms with Crippen LogP contribution in [0.15, 0.2) is 0 Å². The van der Waals surface area contributed by atoms with E-state index in [4.69, 9.17) is 5.11 Å². The Morgan fingerprint density at radius 2 is 1.25 bits per heavy atom. The average molecular weight is 72.0 g/mol. The summed E-state index contributed by atoms with van der Waals surface area (Å²) in [5.74, 6) is 0. The Bertz CT molecular complexity index is 6.00. The summed E-state index contributed by atoms with van der Waals surface area (Å²) >= 11 is 0. The van der Waals surface area contributed by atoms with Crippen molar-refractivity contribution in [1.82, 2.24) is 0 Å². The second-order valence-corrected chi connectivity index (χ2v) is 0. The van der Waals surface area contributed by atoms with Crippen molar-refractivity contribution in [1.29, 1.82) is 0 Å². The number of aliphatic hydroxyl groups is 1. The van der Waals surface area contributed by atoms with Crippen LogP contribution >= 0.6 is 0 Å². The van der Waals surface area contributed by atoms with Crippen LogP contribution in [-0.4, -0.2) is 10.6 Å². The van der Waals surface area contributed by atoms with E-state index in [1.165, 1.54) is 0 Å². The number of hydrogen-bond donors (Lipinski definition) is 1. The second kappa shape index (κ2) is 39.5. The fraction of sp³-hybridized carbons (Fsp3) is 0. The average Bonchev–Trinajstić information content (AvgIpc) is 1.00. The van der Waals surface area contributed by atoms with Gasteiger partial charge in [0.2, 0.25) is 0 Å². The van der Waals surface area contributed by atoms with Crippen molar-refractivity contribution >= 4 is 0 Å². The Labute approximate surface area is 47.4 Å². The van der Waals surface area contributed by atoms with Gasteiger partial charge in [0.25, 0.3) is 0 Å². The van der Waals surface area contributed by atoms with Gasteiger partial charge in [0, 0.05) is 0 Å². The summed E-state index contributed by atoms with van der Waals surface area (Å²) in [6.45, 7) is 0. The summed E-state index contributed by atoms with van der Waals surface area (Å²) < 4.78 is 0. The van der Waals surface area contributed by atoms with E-state index < -0.39 is 0 Å². The van der Waals surface area contributed by atoms with Gasteiger partial charge in [0.05, 0.1) is 0 Å². The number of rotatable bonds is 0. The van der Waals surface area contributed by atoms with Gasteiger partial charge in [-0.25, -0.2) is 7.11 Å². The molecule has 0 bridgehead atoms. The SMILES string of the molecule is O.[CH2-]O.[Na+]. The molecule has 0 heterocycles. The first kappa shape index (κ1) is 20.5. The molecule has 0 aromatic carbocycles. The molecule has 0 aliphatic carbocycles. The first-order valence-electron chi connectivity index (χ1n) is 0.316. The van der Waals surface area contributed by atoms with Crippen molar-refractivity contribution < 1.29 is 40.1 Å². The zero-order valence-electron chi connectivity index (χ0n) is 2.65. The van der Waals surface area contributed by atoms with Gasteiger partial charge < -0.3 is 10.6 Å². The molecule has 4 heavy (non-hydrogen) atoms. The van der Waals surface area contributed by atoms with Gasteiger partial charge in [-0.2, -0.15) is 0 Å². The monoisotopic (exact) mass is 72.0 g/mol. The van der Waals surface area contributed by atoms with Gasteiger partial charge >= 0.3 is 29.6 Å². The molecule has 2 nitrogen and oxygen atoms in total. The first-order valence-corrected chi connectivity index (χ1v) is 0.316. The van der Waals surface area contributed by atoms with Gasteiger partial charge in [-0.15, -0.1) is 0 Å². The van der Waals surface area contributed by atoms with Gasteiger partial charge in [-0.05, 0) is 0 Å². The minimum atomic E-state index is 0. The topological polar surface area (TPSA) is 51.7 Å². The molecule has 22 valence electrons. The molecule has 0 atom stereocenters. The van der Waals surface area contributed by atoms with Crippen LogP contribution in [0.4, 0.5) is 0 Å². The third kappa shape index (κ3) is 12.7. The summed E-state index contributed by atoms with van der Waals surface area (Å²) in [4.78, 5) is 0. The van der Waals surface area contributed by atoms with Gasteiger partial charge in [-0.1, -0.05) is 0 Å². The molecular weight excluding hydrogens is 67.0 g/mol. The molecule has 0 fully saturated rings. The number of aliphatic hydroxyl groups excluding tert-OH is 1. The molecule has 0 unspecified atom stereocenters. The second-order valence-electron chi connectivity index (χ2n) is 0. The fourth-order valence-electron chi connectivity index (χ4n) is 0. The van der Waals surface area contributed by atoms with Gasteiger partial charge in [-0.3, -0.25) is 0 Å². The molecule has 0 saturated heterocycles. The Morgan fingerprint density at radius 3 is 1.25 bits per heavy atom. The molecular formula is CH5NaO2. The molecule has 3 N–H and O–H groups in total. The fourth-order valence-corrected chi connectivity index (χ4v) is 0. The first-order chi connectivity index (χ1) is 1.00. The molecule has 3 heteroatoms. The maximum absolute atomic E-state index is 6.75. The largest absolute Gasteiger partial charge is 1.00 e. The van der Waals surface area contributed by atoms with E-state index >= 15 is 0 Å². The smallest absolute Gasteiger partial charge is 0.569 e. The van der Waals surface area contributed by atoms with Crippen molar-refractivity contribution in [2.75, 3.05) is 0 Å². The van der Waals surface area contributed by atoms with E-state index in [9.17, 15) is 0 Å². The summed E-state index contributed by atoms with van der Waals surface area (Å²) in [7, 11) is 2.25. The van der Waals surface area contributed by atoms with Crippen LogP contribution in [0.3, 0.4) is 0 Å². The predicted octanol–water partition coefficient (Wildman–Crippen LogP) is -3.67. The summed E-state index contributed by atoms with van der Waals surface area (Å²) in [5.41, 5.74) is 0. The van der Waals surface area contributed by atoms with Crippen LogP contribution in [0.2, 0.25) is 0 Å². The third-order valence-electron chi connectivity index (χ3n) is 0. The minimum Gasteiger partial charge on any atom is -0.569 e. The molecule has 0 spiro atoms. The Balaban J connectivity index is -0.00000000500. The third-order valence-corrected chi connectivity index (χ3v) is 0. The summed E-state index contributed by atoms with van der Waals surface area (Å²) in [5, 5.41) is 6.75. The van der Waals surface area contributed by atoms with Crippen LogP contribution in [0.25, 0.3) is 0 Å². The number of hydrogen-bond acceptors (Lipinski definition) is 1. The quantitative estimate of drug-likeness (QED) is 0.232. The molecule has 0 radical (unpaired) electrons. The molecule has 0 aromatic rings. The van der Waals surface area contributed by atoms with Crippen LogP contribution in [0.1, 0.15) is 0 Å². The Morgan fingerprint density at radius 1 is 1.25 bits per heavy atom. The molecule has 0 aliphatic rings. The van der Waals surface area contributed by atoms with E-state index in [0.29, 0.717) is 0 Å². The van der Waals surface area contributed by atoms with Crippen LogP contribution in [0, 0.1) is 7.11 Å². The minimum absolute atomic E-state index is 0. The molecule has 0 aliphatic heterocycles. The zero-order chi connectivity index (χ0) is 2.00. The summed E-state index contributed by atoms with van der Waals surface area (Å²) in [6, 6.07) is 0. The molecule has 0 amide bonds. The Kier molecular flexibility index (Phi) is 202. The van der Waals surface area contributed by atoms with Crippen LogP contribution < -0.4 is 29.6 Å². The predicted molar refractivity (Wildman–Crippen MR) is 10.9 cm³/mol. The maximum Gasteiger partial charge on any atom is 1.00 e. The van der Waals surface area contributed by atoms with Crippen molar-refractivity contribution in [3.05, 3.63) is 7.11 Å². The van der Waals surface area contributed by atoms with E-state index in [1.54, 1.807) is 0 Å². The Hall–Kier alpha value is 0.920. The van der Waals surface area contributed by atoms with E-state index in [0.717, 1.165) is 0 Å². The van der Waals surface area contributed by atoms with Crippen LogP contribution in [0.5, 0.6) is 0 Å². The van der Waals surface area contributed by atoms with Crippen molar-refractivity contribution in [2.45, 2.75) is 0 Å². The van der Waals surface area contributed by atoms with E-state index in [1.807, 2.05) is 0 Å². The van der Waals surface area contributed by atoms with Crippen molar-refractivity contribution in [3.8, 4) is 0 Å². The molecule has 0 rings (SSSR count). The zero-order valence-corrected chi connectivity index (χ0v) is 4.65. The van der Waals surface area contributed by atoms with E-state index in [-0.39, 0.29) is 35.0 Å². The molecule has 0 saturated carbocycles. The molecule has 0 aromatic heterocycles. The van der Waals surface area contributed by atoms with Crippen molar-refractivity contribution in [2.24, 2.45) is 0 Å². The van der Waals surface area contributed by atoms with Gasteiger partial charge in [0.15, 0.2) is 0 Å². The van der Waals surface area contributed by atoms with Gasteiger partial charge in [0.1, 0.15) is 0 Å². The normalized spacial score (nSPS) is 1.50.